The summed E-state index contributed by atoms with van der Waals surface area (Å²) in [5.41, 5.74) is 0.702. The standard InChI is InChI=1S/C20H14Cl4N2O4S/c21-12-7-13(22)9-15(8-12)26-31(28,29)17-4-2-16(3-5-17)30-11-20(27)25-14-1-6-18(23)19(24)10-14/h1-10,26H,11H2,(H,25,27). The molecule has 0 aliphatic carbocycles. The van der Waals surface area contributed by atoms with Crippen LogP contribution in [0, 0.1) is 0 Å². The van der Waals surface area contributed by atoms with Crippen molar-refractivity contribution < 1.29 is 17.9 Å². The van der Waals surface area contributed by atoms with Gasteiger partial charge in [0.2, 0.25) is 0 Å². The molecule has 3 aromatic rings. The summed E-state index contributed by atoms with van der Waals surface area (Å²) in [5.74, 6) is -0.108. The minimum absolute atomic E-state index is 0.00351. The third kappa shape index (κ3) is 6.66. The molecule has 3 rings (SSSR count). The van der Waals surface area contributed by atoms with E-state index in [0.29, 0.717) is 31.5 Å². The molecule has 0 fully saturated rings. The third-order valence-electron chi connectivity index (χ3n) is 3.82. The van der Waals surface area contributed by atoms with E-state index in [1.807, 2.05) is 0 Å². The number of amides is 1. The van der Waals surface area contributed by atoms with Crippen LogP contribution in [0.25, 0.3) is 0 Å². The maximum Gasteiger partial charge on any atom is 0.262 e. The van der Waals surface area contributed by atoms with Gasteiger partial charge in [0.15, 0.2) is 6.61 Å². The van der Waals surface area contributed by atoms with E-state index < -0.39 is 15.9 Å². The summed E-state index contributed by atoms with van der Waals surface area (Å²) in [6.07, 6.45) is 0. The Morgan fingerprint density at radius 1 is 0.806 bits per heavy atom. The predicted molar refractivity (Wildman–Crippen MR) is 124 cm³/mol. The van der Waals surface area contributed by atoms with E-state index in [-0.39, 0.29) is 17.2 Å². The molecule has 6 nitrogen and oxygen atoms in total. The molecule has 0 saturated heterocycles. The average molecular weight is 520 g/mol. The predicted octanol–water partition coefficient (Wildman–Crippen LogP) is 6.12. The molecule has 0 aliphatic heterocycles. The number of halogens is 4. The highest BCUT2D eigenvalue weighted by Gasteiger charge is 2.15. The number of ether oxygens (including phenoxy) is 1. The number of hydrogen-bond donors (Lipinski definition) is 2. The van der Waals surface area contributed by atoms with Crippen LogP contribution in [0.3, 0.4) is 0 Å². The molecular formula is C20H14Cl4N2O4S. The Labute approximate surface area is 199 Å². The van der Waals surface area contributed by atoms with E-state index in [9.17, 15) is 13.2 Å². The van der Waals surface area contributed by atoms with E-state index in [0.717, 1.165) is 0 Å². The zero-order chi connectivity index (χ0) is 22.6. The van der Waals surface area contributed by atoms with Crippen molar-refractivity contribution in [2.45, 2.75) is 4.90 Å². The molecule has 0 atom stereocenters. The van der Waals surface area contributed by atoms with Gasteiger partial charge in [0, 0.05) is 15.7 Å². The van der Waals surface area contributed by atoms with Crippen molar-refractivity contribution in [3.8, 4) is 5.75 Å². The highest BCUT2D eigenvalue weighted by molar-refractivity contribution is 7.92. The summed E-state index contributed by atoms with van der Waals surface area (Å²) in [4.78, 5) is 12.0. The summed E-state index contributed by atoms with van der Waals surface area (Å²) in [7, 11) is -3.87. The Morgan fingerprint density at radius 3 is 2.06 bits per heavy atom. The summed E-state index contributed by atoms with van der Waals surface area (Å²) < 4.78 is 32.9. The molecular weight excluding hydrogens is 506 g/mol. The van der Waals surface area contributed by atoms with Gasteiger partial charge in [-0.05, 0) is 60.7 Å². The van der Waals surface area contributed by atoms with Crippen LogP contribution in [0.4, 0.5) is 11.4 Å². The van der Waals surface area contributed by atoms with Gasteiger partial charge in [0.1, 0.15) is 5.75 Å². The topological polar surface area (TPSA) is 84.5 Å². The quantitative estimate of drug-likeness (QED) is 0.394. The highest BCUT2D eigenvalue weighted by atomic mass is 35.5. The zero-order valence-corrected chi connectivity index (χ0v) is 19.4. The number of anilines is 2. The monoisotopic (exact) mass is 518 g/mol. The summed E-state index contributed by atoms with van der Waals surface area (Å²) >= 11 is 23.5. The largest absolute Gasteiger partial charge is 0.484 e. The van der Waals surface area contributed by atoms with E-state index in [2.05, 4.69) is 10.0 Å². The van der Waals surface area contributed by atoms with Gasteiger partial charge in [-0.15, -0.1) is 0 Å². The molecule has 0 radical (unpaired) electrons. The number of carbonyl (C=O) groups is 1. The number of hydrogen-bond acceptors (Lipinski definition) is 4. The third-order valence-corrected chi connectivity index (χ3v) is 6.39. The van der Waals surface area contributed by atoms with Gasteiger partial charge in [0.25, 0.3) is 15.9 Å². The first kappa shape index (κ1) is 23.5. The van der Waals surface area contributed by atoms with Crippen LogP contribution >= 0.6 is 46.4 Å². The van der Waals surface area contributed by atoms with E-state index >= 15 is 0 Å². The molecule has 0 aromatic heterocycles. The first-order valence-electron chi connectivity index (χ1n) is 8.59. The van der Waals surface area contributed by atoms with Gasteiger partial charge < -0.3 is 10.1 Å². The molecule has 0 unspecified atom stereocenters. The van der Waals surface area contributed by atoms with E-state index in [1.165, 1.54) is 48.5 Å². The van der Waals surface area contributed by atoms with Crippen molar-refractivity contribution in [2.24, 2.45) is 0 Å². The number of sulfonamides is 1. The minimum atomic E-state index is -3.87. The molecule has 0 bridgehead atoms. The fourth-order valence-corrected chi connectivity index (χ4v) is 4.33. The number of rotatable bonds is 7. The van der Waals surface area contributed by atoms with Gasteiger partial charge >= 0.3 is 0 Å². The maximum absolute atomic E-state index is 12.5. The molecule has 11 heteroatoms. The van der Waals surface area contributed by atoms with Gasteiger partial charge in [-0.25, -0.2) is 8.42 Å². The summed E-state index contributed by atoms with van der Waals surface area (Å²) in [5, 5.41) is 3.90. The molecule has 162 valence electrons. The van der Waals surface area contributed by atoms with Crippen LogP contribution in [0.5, 0.6) is 5.75 Å². The van der Waals surface area contributed by atoms with Crippen LogP contribution in [0.1, 0.15) is 0 Å². The Balaban J connectivity index is 1.60. The molecule has 0 spiro atoms. The van der Waals surface area contributed by atoms with E-state index in [1.54, 1.807) is 12.1 Å². The van der Waals surface area contributed by atoms with Crippen LogP contribution in [-0.4, -0.2) is 20.9 Å². The number of nitrogens with one attached hydrogen (secondary N) is 2. The van der Waals surface area contributed by atoms with Gasteiger partial charge in [-0.1, -0.05) is 46.4 Å². The normalized spacial score (nSPS) is 11.1. The number of carbonyl (C=O) groups excluding carboxylic acids is 1. The minimum Gasteiger partial charge on any atom is -0.484 e. The Morgan fingerprint density at radius 2 is 1.45 bits per heavy atom. The lowest BCUT2D eigenvalue weighted by Gasteiger charge is -2.11. The Kier molecular flexibility index (Phi) is 7.56. The molecule has 0 heterocycles. The summed E-state index contributed by atoms with van der Waals surface area (Å²) in [6.45, 7) is -0.286. The Bertz CT molecular complexity index is 1200. The highest BCUT2D eigenvalue weighted by Crippen LogP contribution is 2.26. The lowest BCUT2D eigenvalue weighted by Crippen LogP contribution is -2.20. The fraction of sp³-hybridized carbons (Fsp3) is 0.0500. The maximum atomic E-state index is 12.5. The first-order chi connectivity index (χ1) is 14.6. The van der Waals surface area contributed by atoms with Crippen molar-refractivity contribution in [1.29, 1.82) is 0 Å². The SMILES string of the molecule is O=C(COc1ccc(S(=O)(=O)Nc2cc(Cl)cc(Cl)c2)cc1)Nc1ccc(Cl)c(Cl)c1. The van der Waals surface area contributed by atoms with Crippen LogP contribution in [-0.2, 0) is 14.8 Å². The van der Waals surface area contributed by atoms with Crippen molar-refractivity contribution in [2.75, 3.05) is 16.6 Å². The van der Waals surface area contributed by atoms with Crippen LogP contribution in [0.2, 0.25) is 20.1 Å². The lowest BCUT2D eigenvalue weighted by molar-refractivity contribution is -0.118. The van der Waals surface area contributed by atoms with Crippen molar-refractivity contribution in [1.82, 2.24) is 0 Å². The Hall–Kier alpha value is -2.16. The van der Waals surface area contributed by atoms with Gasteiger partial charge in [-0.2, -0.15) is 0 Å². The van der Waals surface area contributed by atoms with Crippen LogP contribution < -0.4 is 14.8 Å². The average Bonchev–Trinajstić information content (AvgIpc) is 2.68. The molecule has 2 N–H and O–H groups in total. The van der Waals surface area contributed by atoms with Crippen molar-refractivity contribution in [3.63, 3.8) is 0 Å². The van der Waals surface area contributed by atoms with Crippen molar-refractivity contribution in [3.05, 3.63) is 80.8 Å². The molecule has 0 aliphatic rings. The lowest BCUT2D eigenvalue weighted by atomic mass is 10.3. The first-order valence-corrected chi connectivity index (χ1v) is 11.6. The second kappa shape index (κ2) is 9.97. The zero-order valence-electron chi connectivity index (χ0n) is 15.5. The molecule has 0 saturated carbocycles. The van der Waals surface area contributed by atoms with Gasteiger partial charge in [-0.3, -0.25) is 9.52 Å². The second-order valence-corrected chi connectivity index (χ2v) is 9.57. The second-order valence-electron chi connectivity index (χ2n) is 6.20. The molecule has 1 amide bonds. The van der Waals surface area contributed by atoms with E-state index in [4.69, 9.17) is 51.1 Å². The smallest absolute Gasteiger partial charge is 0.262 e. The van der Waals surface area contributed by atoms with Crippen LogP contribution in [0.15, 0.2) is 65.6 Å². The van der Waals surface area contributed by atoms with Crippen molar-refractivity contribution >= 4 is 73.7 Å². The summed E-state index contributed by atoms with van der Waals surface area (Å²) in [6, 6.07) is 14.6. The number of benzene rings is 3. The van der Waals surface area contributed by atoms with Gasteiger partial charge in [0.05, 0.1) is 20.6 Å². The fourth-order valence-electron chi connectivity index (χ4n) is 2.46. The molecule has 31 heavy (non-hydrogen) atoms. The molecule has 3 aromatic carbocycles.